The number of hydrogen-bond acceptors (Lipinski definition) is 7. The van der Waals surface area contributed by atoms with Crippen molar-refractivity contribution in [2.75, 3.05) is 30.0 Å². The fraction of sp³-hybridized carbons (Fsp3) is 0.182. The van der Waals surface area contributed by atoms with Gasteiger partial charge in [0.05, 0.1) is 11.9 Å². The molecule has 12 heteroatoms. The SMILES string of the molecule is Cc1c(F)c(Oc2cccc(N(C)C)c2)nc(Oc2cc(C(=N)N)ccc2NS(C)(=O)=O)c1F. The zero-order chi connectivity index (χ0) is 25.2. The minimum atomic E-state index is -3.73. The Kier molecular flexibility index (Phi) is 6.91. The van der Waals surface area contributed by atoms with Gasteiger partial charge in [-0.05, 0) is 37.3 Å². The quantitative estimate of drug-likeness (QED) is 0.321. The standard InChI is InChI=1S/C22H23F2N5O4S/c1-12-18(23)21(32-15-7-5-6-14(11-15)29(2)3)27-22(19(12)24)33-17-10-13(20(25)26)8-9-16(17)28-34(4,30)31/h5-11,28H,1-4H3,(H3,25,26). The maximum atomic E-state index is 14.9. The minimum Gasteiger partial charge on any atom is -0.436 e. The van der Waals surface area contributed by atoms with Gasteiger partial charge < -0.3 is 20.1 Å². The van der Waals surface area contributed by atoms with E-state index in [1.165, 1.54) is 25.1 Å². The summed E-state index contributed by atoms with van der Waals surface area (Å²) in [6, 6.07) is 10.7. The predicted octanol–water partition coefficient (Wildman–Crippen LogP) is 3.97. The highest BCUT2D eigenvalue weighted by Gasteiger charge is 2.22. The third-order valence-corrected chi connectivity index (χ3v) is 5.17. The number of pyridine rings is 1. The summed E-state index contributed by atoms with van der Waals surface area (Å²) in [5.41, 5.74) is 5.99. The Bertz CT molecular complexity index is 1360. The molecule has 0 atom stereocenters. The van der Waals surface area contributed by atoms with Crippen LogP contribution in [0.1, 0.15) is 11.1 Å². The topological polar surface area (TPSA) is 131 Å². The van der Waals surface area contributed by atoms with Gasteiger partial charge in [-0.2, -0.15) is 4.98 Å². The van der Waals surface area contributed by atoms with Gasteiger partial charge in [0.25, 0.3) is 11.8 Å². The van der Waals surface area contributed by atoms with Crippen molar-refractivity contribution in [2.45, 2.75) is 6.92 Å². The van der Waals surface area contributed by atoms with E-state index in [4.69, 9.17) is 20.6 Å². The number of rotatable bonds is 8. The molecule has 1 aromatic heterocycles. The Morgan fingerprint density at radius 3 is 2.32 bits per heavy atom. The van der Waals surface area contributed by atoms with Crippen molar-refractivity contribution in [3.8, 4) is 23.3 Å². The highest BCUT2D eigenvalue weighted by molar-refractivity contribution is 7.92. The molecule has 3 aromatic rings. The minimum absolute atomic E-state index is 0.0585. The molecule has 0 aliphatic rings. The second-order valence-electron chi connectivity index (χ2n) is 7.57. The lowest BCUT2D eigenvalue weighted by Gasteiger charge is -2.16. The Hall–Kier alpha value is -3.93. The third kappa shape index (κ3) is 5.70. The van der Waals surface area contributed by atoms with Crippen LogP contribution in [0.4, 0.5) is 20.2 Å². The lowest BCUT2D eigenvalue weighted by Crippen LogP contribution is -2.14. The number of ether oxygens (including phenoxy) is 2. The van der Waals surface area contributed by atoms with E-state index in [0.717, 1.165) is 11.9 Å². The molecule has 180 valence electrons. The second kappa shape index (κ2) is 9.51. The van der Waals surface area contributed by atoms with Gasteiger partial charge in [-0.25, -0.2) is 17.2 Å². The molecule has 0 aliphatic carbocycles. The molecule has 0 amide bonds. The number of sulfonamides is 1. The number of nitrogen functional groups attached to an aromatic ring is 1. The summed E-state index contributed by atoms with van der Waals surface area (Å²) in [5.74, 6) is -3.59. The van der Waals surface area contributed by atoms with Crippen molar-refractivity contribution in [3.05, 3.63) is 65.2 Å². The van der Waals surface area contributed by atoms with Crippen LogP contribution < -0.4 is 24.8 Å². The van der Waals surface area contributed by atoms with Crippen LogP contribution in [0, 0.1) is 24.0 Å². The molecule has 0 fully saturated rings. The Morgan fingerprint density at radius 1 is 1.09 bits per heavy atom. The number of nitrogens with zero attached hydrogens (tertiary/aromatic N) is 2. The third-order valence-electron chi connectivity index (χ3n) is 4.58. The number of halogens is 2. The number of anilines is 2. The molecule has 3 rings (SSSR count). The summed E-state index contributed by atoms with van der Waals surface area (Å²) in [7, 11) is -0.0826. The van der Waals surface area contributed by atoms with Gasteiger partial charge in [0, 0.05) is 37.0 Å². The van der Waals surface area contributed by atoms with Crippen molar-refractivity contribution in [1.29, 1.82) is 5.41 Å². The van der Waals surface area contributed by atoms with E-state index in [2.05, 4.69) is 9.71 Å². The predicted molar refractivity (Wildman–Crippen MR) is 126 cm³/mol. The van der Waals surface area contributed by atoms with Crippen molar-refractivity contribution in [3.63, 3.8) is 0 Å². The fourth-order valence-electron chi connectivity index (χ4n) is 2.84. The first kappa shape index (κ1) is 24.7. The number of amidine groups is 1. The highest BCUT2D eigenvalue weighted by Crippen LogP contribution is 2.36. The number of nitrogens with one attached hydrogen (secondary N) is 2. The van der Waals surface area contributed by atoms with Gasteiger partial charge in [-0.15, -0.1) is 0 Å². The first-order valence-electron chi connectivity index (χ1n) is 9.80. The number of benzene rings is 2. The van der Waals surface area contributed by atoms with Crippen LogP contribution in [-0.4, -0.2) is 39.6 Å². The summed E-state index contributed by atoms with van der Waals surface area (Å²) in [5, 5.41) is 7.59. The maximum absolute atomic E-state index is 14.9. The van der Waals surface area contributed by atoms with E-state index in [1.807, 2.05) is 25.1 Å². The summed E-state index contributed by atoms with van der Waals surface area (Å²) in [6.45, 7) is 1.18. The molecule has 0 aliphatic heterocycles. The van der Waals surface area contributed by atoms with Gasteiger partial charge in [-0.1, -0.05) is 6.07 Å². The van der Waals surface area contributed by atoms with Crippen LogP contribution in [0.15, 0.2) is 42.5 Å². The van der Waals surface area contributed by atoms with E-state index >= 15 is 0 Å². The van der Waals surface area contributed by atoms with Crippen LogP contribution in [0.3, 0.4) is 0 Å². The molecule has 0 bridgehead atoms. The zero-order valence-corrected chi connectivity index (χ0v) is 19.6. The molecule has 2 aromatic carbocycles. The van der Waals surface area contributed by atoms with Crippen molar-refractivity contribution < 1.29 is 26.7 Å². The van der Waals surface area contributed by atoms with Crippen LogP contribution in [0.2, 0.25) is 0 Å². The number of aromatic nitrogens is 1. The van der Waals surface area contributed by atoms with Crippen molar-refractivity contribution in [2.24, 2.45) is 5.73 Å². The average Bonchev–Trinajstić information content (AvgIpc) is 2.75. The lowest BCUT2D eigenvalue weighted by molar-refractivity contribution is 0.373. The van der Waals surface area contributed by atoms with E-state index < -0.39 is 39.0 Å². The first-order valence-corrected chi connectivity index (χ1v) is 11.7. The summed E-state index contributed by atoms with van der Waals surface area (Å²) in [4.78, 5) is 5.66. The van der Waals surface area contributed by atoms with Crippen molar-refractivity contribution in [1.82, 2.24) is 4.98 Å². The molecule has 0 unspecified atom stereocenters. The first-order chi connectivity index (χ1) is 15.9. The smallest absolute Gasteiger partial charge is 0.259 e. The molecule has 0 radical (unpaired) electrons. The molecule has 9 nitrogen and oxygen atoms in total. The lowest BCUT2D eigenvalue weighted by atomic mass is 10.2. The normalized spacial score (nSPS) is 11.1. The monoisotopic (exact) mass is 491 g/mol. The Balaban J connectivity index is 2.06. The molecular weight excluding hydrogens is 468 g/mol. The molecule has 1 heterocycles. The molecule has 4 N–H and O–H groups in total. The van der Waals surface area contributed by atoms with E-state index in [-0.39, 0.29) is 28.6 Å². The highest BCUT2D eigenvalue weighted by atomic mass is 32.2. The Labute approximate surface area is 195 Å². The van der Waals surface area contributed by atoms with Crippen molar-refractivity contribution >= 4 is 27.2 Å². The van der Waals surface area contributed by atoms with Gasteiger partial charge in [0.15, 0.2) is 17.4 Å². The van der Waals surface area contributed by atoms with Gasteiger partial charge in [-0.3, -0.25) is 10.1 Å². The average molecular weight is 492 g/mol. The number of hydrogen-bond donors (Lipinski definition) is 3. The van der Waals surface area contributed by atoms with Gasteiger partial charge in [0.2, 0.25) is 10.0 Å². The van der Waals surface area contributed by atoms with Crippen LogP contribution >= 0.6 is 0 Å². The second-order valence-corrected chi connectivity index (χ2v) is 9.32. The molecule has 0 spiro atoms. The molecule has 34 heavy (non-hydrogen) atoms. The molecule has 0 saturated carbocycles. The van der Waals surface area contributed by atoms with Gasteiger partial charge >= 0.3 is 0 Å². The van der Waals surface area contributed by atoms with Crippen LogP contribution in [0.25, 0.3) is 0 Å². The summed E-state index contributed by atoms with van der Waals surface area (Å²) < 4.78 is 66.4. The van der Waals surface area contributed by atoms with E-state index in [1.54, 1.807) is 18.2 Å². The van der Waals surface area contributed by atoms with Crippen LogP contribution in [0.5, 0.6) is 23.3 Å². The molecular formula is C22H23F2N5O4S. The summed E-state index contributed by atoms with van der Waals surface area (Å²) in [6.07, 6.45) is 0.921. The maximum Gasteiger partial charge on any atom is 0.259 e. The molecule has 0 saturated heterocycles. The largest absolute Gasteiger partial charge is 0.436 e. The van der Waals surface area contributed by atoms with Crippen LogP contribution in [-0.2, 0) is 10.0 Å². The van der Waals surface area contributed by atoms with E-state index in [9.17, 15) is 17.2 Å². The zero-order valence-electron chi connectivity index (χ0n) is 18.8. The van der Waals surface area contributed by atoms with Gasteiger partial charge in [0.1, 0.15) is 11.6 Å². The van der Waals surface area contributed by atoms with E-state index in [0.29, 0.717) is 0 Å². The Morgan fingerprint density at radius 2 is 1.74 bits per heavy atom. The fourth-order valence-corrected chi connectivity index (χ4v) is 3.41. The number of nitrogens with two attached hydrogens (primary N) is 1. The summed E-state index contributed by atoms with van der Waals surface area (Å²) >= 11 is 0.